The van der Waals surface area contributed by atoms with E-state index in [0.717, 1.165) is 16.3 Å². The van der Waals surface area contributed by atoms with Gasteiger partial charge < -0.3 is 5.32 Å². The maximum atomic E-state index is 12.1. The zero-order chi connectivity index (χ0) is 17.0. The van der Waals surface area contributed by atoms with Crippen LogP contribution in [0.3, 0.4) is 0 Å². The van der Waals surface area contributed by atoms with Crippen molar-refractivity contribution in [3.8, 4) is 0 Å². The fourth-order valence-corrected chi connectivity index (χ4v) is 2.25. The van der Waals surface area contributed by atoms with Gasteiger partial charge in [0.05, 0.1) is 17.2 Å². The standard InChI is InChI=1S/C16H17N3O4/c1-11-8-14(19(22)23)9-18(16(11)21)10-15(20)17-12(2)13-6-4-3-5-7-13/h3-9,12H,10H2,1-2H3,(H,17,20). The molecule has 0 aliphatic carbocycles. The molecule has 0 saturated heterocycles. The van der Waals surface area contributed by atoms with Crippen molar-refractivity contribution in [3.63, 3.8) is 0 Å². The number of aromatic nitrogens is 1. The second-order valence-electron chi connectivity index (χ2n) is 5.27. The van der Waals surface area contributed by atoms with Gasteiger partial charge in [0.25, 0.3) is 11.2 Å². The molecule has 0 saturated carbocycles. The maximum absolute atomic E-state index is 12.1. The molecule has 1 aromatic carbocycles. The van der Waals surface area contributed by atoms with Crippen LogP contribution in [0.1, 0.15) is 24.1 Å². The number of carbonyl (C=O) groups excluding carboxylic acids is 1. The van der Waals surface area contributed by atoms with Gasteiger partial charge in [-0.05, 0) is 19.4 Å². The number of amides is 1. The highest BCUT2D eigenvalue weighted by atomic mass is 16.6. The first kappa shape index (κ1) is 16.4. The molecule has 1 aromatic heterocycles. The van der Waals surface area contributed by atoms with Crippen molar-refractivity contribution in [2.75, 3.05) is 0 Å². The molecule has 7 nitrogen and oxygen atoms in total. The van der Waals surface area contributed by atoms with Crippen molar-refractivity contribution in [3.05, 3.63) is 74.2 Å². The summed E-state index contributed by atoms with van der Waals surface area (Å²) >= 11 is 0. The van der Waals surface area contributed by atoms with Crippen LogP contribution in [0.25, 0.3) is 0 Å². The molecule has 1 unspecified atom stereocenters. The predicted molar refractivity (Wildman–Crippen MR) is 85.1 cm³/mol. The molecule has 0 aliphatic heterocycles. The first-order valence-electron chi connectivity index (χ1n) is 7.08. The molecule has 0 aliphatic rings. The second kappa shape index (κ2) is 6.87. The monoisotopic (exact) mass is 315 g/mol. The lowest BCUT2D eigenvalue weighted by atomic mass is 10.1. The van der Waals surface area contributed by atoms with Crippen LogP contribution in [0.15, 0.2) is 47.4 Å². The van der Waals surface area contributed by atoms with Gasteiger partial charge in [-0.1, -0.05) is 30.3 Å². The summed E-state index contributed by atoms with van der Waals surface area (Å²) in [6.07, 6.45) is 1.09. The van der Waals surface area contributed by atoms with Gasteiger partial charge in [0.1, 0.15) is 6.54 Å². The molecule has 23 heavy (non-hydrogen) atoms. The number of nitro groups is 1. The van der Waals surface area contributed by atoms with Crippen LogP contribution in [-0.4, -0.2) is 15.4 Å². The van der Waals surface area contributed by atoms with E-state index in [2.05, 4.69) is 5.32 Å². The van der Waals surface area contributed by atoms with Crippen LogP contribution in [0, 0.1) is 17.0 Å². The molecule has 0 radical (unpaired) electrons. The smallest absolute Gasteiger partial charge is 0.286 e. The Labute approximate surface area is 132 Å². The van der Waals surface area contributed by atoms with Crippen LogP contribution >= 0.6 is 0 Å². The first-order valence-corrected chi connectivity index (χ1v) is 7.08. The first-order chi connectivity index (χ1) is 10.9. The number of benzene rings is 1. The molecule has 7 heteroatoms. The highest BCUT2D eigenvalue weighted by molar-refractivity contribution is 5.76. The van der Waals surface area contributed by atoms with E-state index in [4.69, 9.17) is 0 Å². The van der Waals surface area contributed by atoms with Gasteiger partial charge in [0, 0.05) is 11.6 Å². The summed E-state index contributed by atoms with van der Waals surface area (Å²) in [5, 5.41) is 13.6. The fourth-order valence-electron chi connectivity index (χ4n) is 2.25. The summed E-state index contributed by atoms with van der Waals surface area (Å²) in [4.78, 5) is 34.4. The third-order valence-electron chi connectivity index (χ3n) is 3.45. The topological polar surface area (TPSA) is 94.2 Å². The van der Waals surface area contributed by atoms with E-state index in [9.17, 15) is 19.7 Å². The number of nitrogens with zero attached hydrogens (tertiary/aromatic N) is 2. The molecule has 0 fully saturated rings. The number of rotatable bonds is 5. The molecule has 1 atom stereocenters. The highest BCUT2D eigenvalue weighted by Crippen LogP contribution is 2.12. The van der Waals surface area contributed by atoms with E-state index in [0.29, 0.717) is 0 Å². The number of pyridine rings is 1. The average molecular weight is 315 g/mol. The van der Waals surface area contributed by atoms with Gasteiger partial charge in [0.2, 0.25) is 5.91 Å². The van der Waals surface area contributed by atoms with Crippen molar-refractivity contribution in [2.45, 2.75) is 26.4 Å². The van der Waals surface area contributed by atoms with E-state index in [1.165, 1.54) is 13.0 Å². The quantitative estimate of drug-likeness (QED) is 0.674. The lowest BCUT2D eigenvalue weighted by Gasteiger charge is -2.15. The van der Waals surface area contributed by atoms with Crippen molar-refractivity contribution < 1.29 is 9.72 Å². The van der Waals surface area contributed by atoms with Gasteiger partial charge >= 0.3 is 0 Å². The molecule has 2 aromatic rings. The van der Waals surface area contributed by atoms with Crippen LogP contribution in [0.4, 0.5) is 5.69 Å². The largest absolute Gasteiger partial charge is 0.348 e. The molecule has 0 bridgehead atoms. The summed E-state index contributed by atoms with van der Waals surface area (Å²) in [5.74, 6) is -0.386. The zero-order valence-electron chi connectivity index (χ0n) is 12.9. The third kappa shape index (κ3) is 4.03. The Morgan fingerprint density at radius 2 is 2.00 bits per heavy atom. The van der Waals surface area contributed by atoms with Gasteiger partial charge in [-0.2, -0.15) is 0 Å². The predicted octanol–water partition coefficient (Wildman–Crippen LogP) is 1.94. The second-order valence-corrected chi connectivity index (χ2v) is 5.27. The summed E-state index contributed by atoms with van der Waals surface area (Å²) < 4.78 is 1.06. The van der Waals surface area contributed by atoms with Gasteiger partial charge in [-0.15, -0.1) is 0 Å². The van der Waals surface area contributed by atoms with Crippen LogP contribution in [0.2, 0.25) is 0 Å². The minimum Gasteiger partial charge on any atom is -0.348 e. The Bertz CT molecular complexity index is 784. The molecule has 1 N–H and O–H groups in total. The molecular weight excluding hydrogens is 298 g/mol. The van der Waals surface area contributed by atoms with Crippen LogP contribution < -0.4 is 10.9 Å². The zero-order valence-corrected chi connectivity index (χ0v) is 12.9. The van der Waals surface area contributed by atoms with Crippen molar-refractivity contribution in [1.82, 2.24) is 9.88 Å². The lowest BCUT2D eigenvalue weighted by molar-refractivity contribution is -0.385. The number of hydrogen-bond donors (Lipinski definition) is 1. The third-order valence-corrected chi connectivity index (χ3v) is 3.45. The van der Waals surface area contributed by atoms with Gasteiger partial charge in [-0.25, -0.2) is 0 Å². The molecule has 1 amide bonds. The maximum Gasteiger partial charge on any atom is 0.286 e. The number of carbonyl (C=O) groups is 1. The van der Waals surface area contributed by atoms with Crippen molar-refractivity contribution in [1.29, 1.82) is 0 Å². The highest BCUT2D eigenvalue weighted by Gasteiger charge is 2.15. The van der Waals surface area contributed by atoms with Crippen molar-refractivity contribution in [2.24, 2.45) is 0 Å². The molecule has 2 rings (SSSR count). The summed E-state index contributed by atoms with van der Waals surface area (Å²) in [6.45, 7) is 3.05. The van der Waals surface area contributed by atoms with E-state index < -0.39 is 10.5 Å². The summed E-state index contributed by atoms with van der Waals surface area (Å²) in [6, 6.07) is 10.4. The van der Waals surface area contributed by atoms with E-state index >= 15 is 0 Å². The average Bonchev–Trinajstić information content (AvgIpc) is 2.52. The summed E-state index contributed by atoms with van der Waals surface area (Å²) in [5.41, 5.74) is 0.524. The Morgan fingerprint density at radius 1 is 1.35 bits per heavy atom. The number of nitrogens with one attached hydrogen (secondary N) is 1. The van der Waals surface area contributed by atoms with Gasteiger partial charge in [0.15, 0.2) is 0 Å². The number of hydrogen-bond acceptors (Lipinski definition) is 4. The van der Waals surface area contributed by atoms with Crippen LogP contribution in [-0.2, 0) is 11.3 Å². The Kier molecular flexibility index (Phi) is 4.90. The minimum atomic E-state index is -0.590. The molecule has 1 heterocycles. The summed E-state index contributed by atoms with van der Waals surface area (Å²) in [7, 11) is 0. The molecule has 0 spiro atoms. The fraction of sp³-hybridized carbons (Fsp3) is 0.250. The number of aryl methyl sites for hydroxylation is 1. The van der Waals surface area contributed by atoms with Gasteiger partial charge in [-0.3, -0.25) is 24.3 Å². The lowest BCUT2D eigenvalue weighted by Crippen LogP contribution is -2.34. The van der Waals surface area contributed by atoms with E-state index in [1.54, 1.807) is 0 Å². The Morgan fingerprint density at radius 3 is 2.61 bits per heavy atom. The Hall–Kier alpha value is -2.96. The van der Waals surface area contributed by atoms with Crippen LogP contribution in [0.5, 0.6) is 0 Å². The molecular formula is C16H17N3O4. The van der Waals surface area contributed by atoms with E-state index in [1.807, 2.05) is 37.3 Å². The SMILES string of the molecule is Cc1cc([N+](=O)[O-])cn(CC(=O)NC(C)c2ccccc2)c1=O. The normalized spacial score (nSPS) is 11.7. The van der Waals surface area contributed by atoms with E-state index in [-0.39, 0.29) is 29.7 Å². The Balaban J connectivity index is 2.14. The minimum absolute atomic E-state index is 0.217. The van der Waals surface area contributed by atoms with Crippen molar-refractivity contribution >= 4 is 11.6 Å². The molecule has 120 valence electrons.